The first kappa shape index (κ1) is 15.3. The minimum atomic E-state index is 0. The zero-order chi connectivity index (χ0) is 10.8. The summed E-state index contributed by atoms with van der Waals surface area (Å²) < 4.78 is 0. The molecule has 102 valence electrons. The highest BCUT2D eigenvalue weighted by Crippen LogP contribution is 2.27. The van der Waals surface area contributed by atoms with Gasteiger partial charge in [-0.2, -0.15) is 0 Å². The van der Waals surface area contributed by atoms with Crippen LogP contribution in [0.25, 0.3) is 0 Å². The molecule has 3 rings (SSSR count). The minimum Gasteiger partial charge on any atom is -0.370 e. The maximum Gasteiger partial charge on any atom is 0.137 e. The third-order valence-electron chi connectivity index (χ3n) is 3.24. The molecule has 0 unspecified atom stereocenters. The fourth-order valence-corrected chi connectivity index (χ4v) is 2.41. The molecule has 2 N–H and O–H groups in total. The Morgan fingerprint density at radius 3 is 2.61 bits per heavy atom. The van der Waals surface area contributed by atoms with Crippen LogP contribution in [0.1, 0.15) is 12.0 Å². The van der Waals surface area contributed by atoms with Crippen LogP contribution in [0.5, 0.6) is 0 Å². The summed E-state index contributed by atoms with van der Waals surface area (Å²) in [5.41, 5.74) is 1.30. The minimum absolute atomic E-state index is 0. The topological polar surface area (TPSA) is 53.1 Å². The molecule has 3 heterocycles. The molecular weight excluding hydrogens is 273 g/mol. The highest BCUT2D eigenvalue weighted by molar-refractivity contribution is 5.85. The average Bonchev–Trinajstić information content (AvgIpc) is 2.39. The number of fused-ring (bicyclic) bond motifs is 1. The van der Waals surface area contributed by atoms with E-state index in [4.69, 9.17) is 0 Å². The normalized spacial score (nSPS) is 17.9. The quantitative estimate of drug-likeness (QED) is 0.811. The Morgan fingerprint density at radius 1 is 1.06 bits per heavy atom. The summed E-state index contributed by atoms with van der Waals surface area (Å²) in [4.78, 5) is 11.1. The maximum atomic E-state index is 4.46. The van der Waals surface area contributed by atoms with Crippen molar-refractivity contribution >= 4 is 36.4 Å². The SMILES string of the molecule is Cl.Cl.c1nc2c(c(N3CCNCC3)n1)CCCN2. The highest BCUT2D eigenvalue weighted by atomic mass is 35.5. The highest BCUT2D eigenvalue weighted by Gasteiger charge is 2.20. The predicted octanol–water partition coefficient (Wildman–Crippen LogP) is 1.09. The van der Waals surface area contributed by atoms with E-state index in [2.05, 4.69) is 25.5 Å². The number of anilines is 2. The maximum absolute atomic E-state index is 4.46. The lowest BCUT2D eigenvalue weighted by molar-refractivity contribution is 0.581. The number of hydrogen-bond acceptors (Lipinski definition) is 5. The molecule has 18 heavy (non-hydrogen) atoms. The van der Waals surface area contributed by atoms with Gasteiger partial charge in [-0.15, -0.1) is 24.8 Å². The van der Waals surface area contributed by atoms with Crippen LogP contribution < -0.4 is 15.5 Å². The number of aromatic nitrogens is 2. The van der Waals surface area contributed by atoms with Crippen molar-refractivity contribution in [3.05, 3.63) is 11.9 Å². The second-order valence-electron chi connectivity index (χ2n) is 4.29. The van der Waals surface area contributed by atoms with Crippen molar-refractivity contribution in [2.24, 2.45) is 0 Å². The van der Waals surface area contributed by atoms with Gasteiger partial charge >= 0.3 is 0 Å². The Hall–Kier alpha value is -0.780. The molecule has 1 aromatic rings. The summed E-state index contributed by atoms with van der Waals surface area (Å²) in [5, 5.41) is 6.71. The van der Waals surface area contributed by atoms with Crippen LogP contribution >= 0.6 is 24.8 Å². The standard InChI is InChI=1S/C11H17N5.2ClH/c1-2-9-10(13-3-1)14-8-15-11(9)16-6-4-12-5-7-16;;/h8,12H,1-7H2,(H,13,14,15);2*1H. The van der Waals surface area contributed by atoms with Crippen molar-refractivity contribution in [2.45, 2.75) is 12.8 Å². The number of nitrogens with one attached hydrogen (secondary N) is 2. The molecule has 5 nitrogen and oxygen atoms in total. The molecule has 2 aliphatic rings. The number of rotatable bonds is 1. The van der Waals surface area contributed by atoms with Crippen LogP contribution in [0.15, 0.2) is 6.33 Å². The number of hydrogen-bond donors (Lipinski definition) is 2. The van der Waals surface area contributed by atoms with E-state index in [1.165, 1.54) is 12.0 Å². The molecule has 7 heteroatoms. The van der Waals surface area contributed by atoms with Crippen LogP contribution in [-0.2, 0) is 6.42 Å². The smallest absolute Gasteiger partial charge is 0.137 e. The second kappa shape index (κ2) is 6.97. The van der Waals surface area contributed by atoms with Gasteiger partial charge in [0.25, 0.3) is 0 Å². The lowest BCUT2D eigenvalue weighted by Crippen LogP contribution is -2.44. The van der Waals surface area contributed by atoms with Crippen molar-refractivity contribution in [1.29, 1.82) is 0 Å². The third-order valence-corrected chi connectivity index (χ3v) is 3.24. The van der Waals surface area contributed by atoms with Crippen LogP contribution in [0.2, 0.25) is 0 Å². The van der Waals surface area contributed by atoms with E-state index < -0.39 is 0 Å². The predicted molar refractivity (Wildman–Crippen MR) is 78.4 cm³/mol. The van der Waals surface area contributed by atoms with Crippen molar-refractivity contribution in [1.82, 2.24) is 15.3 Å². The lowest BCUT2D eigenvalue weighted by atomic mass is 10.1. The van der Waals surface area contributed by atoms with Gasteiger partial charge in [-0.1, -0.05) is 0 Å². The molecule has 1 aromatic heterocycles. The van der Waals surface area contributed by atoms with Crippen molar-refractivity contribution in [3.8, 4) is 0 Å². The summed E-state index contributed by atoms with van der Waals surface area (Å²) in [7, 11) is 0. The van der Waals surface area contributed by atoms with Gasteiger partial charge in [-0.05, 0) is 12.8 Å². The average molecular weight is 292 g/mol. The van der Waals surface area contributed by atoms with Gasteiger partial charge in [0.1, 0.15) is 18.0 Å². The molecule has 1 saturated heterocycles. The summed E-state index contributed by atoms with van der Waals surface area (Å²) >= 11 is 0. The number of halogens is 2. The first-order valence-corrected chi connectivity index (χ1v) is 5.98. The lowest BCUT2D eigenvalue weighted by Gasteiger charge is -2.31. The van der Waals surface area contributed by atoms with Crippen LogP contribution in [0, 0.1) is 0 Å². The Labute approximate surface area is 120 Å². The monoisotopic (exact) mass is 291 g/mol. The third kappa shape index (κ3) is 2.96. The van der Waals surface area contributed by atoms with E-state index in [1.54, 1.807) is 6.33 Å². The van der Waals surface area contributed by atoms with Gasteiger partial charge in [-0.25, -0.2) is 9.97 Å². The molecule has 0 bridgehead atoms. The fourth-order valence-electron chi connectivity index (χ4n) is 2.41. The van der Waals surface area contributed by atoms with Gasteiger partial charge < -0.3 is 15.5 Å². The van der Waals surface area contributed by atoms with E-state index in [-0.39, 0.29) is 24.8 Å². The molecule has 0 saturated carbocycles. The first-order valence-electron chi connectivity index (χ1n) is 5.98. The van der Waals surface area contributed by atoms with Crippen molar-refractivity contribution in [2.75, 3.05) is 42.9 Å². The summed E-state index contributed by atoms with van der Waals surface area (Å²) in [6.07, 6.45) is 3.95. The van der Waals surface area contributed by atoms with Gasteiger partial charge in [0.2, 0.25) is 0 Å². The van der Waals surface area contributed by atoms with Crippen LogP contribution in [-0.4, -0.2) is 42.7 Å². The fraction of sp³-hybridized carbons (Fsp3) is 0.636. The van der Waals surface area contributed by atoms with Gasteiger partial charge in [0.05, 0.1) is 0 Å². The Kier molecular flexibility index (Phi) is 5.91. The zero-order valence-electron chi connectivity index (χ0n) is 10.2. The summed E-state index contributed by atoms with van der Waals surface area (Å²) in [5.74, 6) is 2.17. The van der Waals surface area contributed by atoms with E-state index in [9.17, 15) is 0 Å². The Morgan fingerprint density at radius 2 is 1.83 bits per heavy atom. The molecule has 0 amide bonds. The van der Waals surface area contributed by atoms with Crippen molar-refractivity contribution < 1.29 is 0 Å². The largest absolute Gasteiger partial charge is 0.370 e. The van der Waals surface area contributed by atoms with Gasteiger partial charge in [0, 0.05) is 38.3 Å². The van der Waals surface area contributed by atoms with E-state index in [0.29, 0.717) is 0 Å². The van der Waals surface area contributed by atoms with E-state index >= 15 is 0 Å². The molecule has 0 atom stereocenters. The Balaban J connectivity index is 0.000000810. The number of nitrogens with zero attached hydrogens (tertiary/aromatic N) is 3. The second-order valence-corrected chi connectivity index (χ2v) is 4.29. The van der Waals surface area contributed by atoms with Gasteiger partial charge in [0.15, 0.2) is 0 Å². The Bertz CT molecular complexity index is 382. The van der Waals surface area contributed by atoms with Crippen molar-refractivity contribution in [3.63, 3.8) is 0 Å². The molecular formula is C11H19Cl2N5. The van der Waals surface area contributed by atoms with Crippen LogP contribution in [0.3, 0.4) is 0 Å². The molecule has 1 fully saturated rings. The van der Waals surface area contributed by atoms with Gasteiger partial charge in [-0.3, -0.25) is 0 Å². The molecule has 0 aliphatic carbocycles. The molecule has 0 aromatic carbocycles. The molecule has 0 radical (unpaired) electrons. The molecule has 2 aliphatic heterocycles. The zero-order valence-corrected chi connectivity index (χ0v) is 11.8. The van der Waals surface area contributed by atoms with Crippen LogP contribution in [0.4, 0.5) is 11.6 Å². The summed E-state index contributed by atoms with van der Waals surface area (Å²) in [6.45, 7) is 5.22. The summed E-state index contributed by atoms with van der Waals surface area (Å²) in [6, 6.07) is 0. The number of piperazine rings is 1. The first-order chi connectivity index (χ1) is 7.95. The van der Waals surface area contributed by atoms with E-state index in [1.807, 2.05) is 0 Å². The van der Waals surface area contributed by atoms with E-state index in [0.717, 1.165) is 50.8 Å². The molecule has 0 spiro atoms.